The van der Waals surface area contributed by atoms with E-state index in [1.54, 1.807) is 43.5 Å². The first-order chi connectivity index (χ1) is 23.7. The second kappa shape index (κ2) is 13.0. The summed E-state index contributed by atoms with van der Waals surface area (Å²) in [6, 6.07) is 19.9. The zero-order chi connectivity index (χ0) is 34.3. The molecule has 1 aliphatic heterocycles. The van der Waals surface area contributed by atoms with Crippen molar-refractivity contribution in [3.8, 4) is 11.8 Å². The van der Waals surface area contributed by atoms with Gasteiger partial charge in [0.25, 0.3) is 10.0 Å². The SMILES string of the molecule is COc1ccc(CN(C)c2nsc(NC(=O)N3C[C@H]4CC(N(C)c5c(C#N)cnc6c5ccn6S(=O)(=O)c5ccccc5)C[C@H]4C3)n2)cc1. The van der Waals surface area contributed by atoms with Crippen LogP contribution in [0.1, 0.15) is 24.0 Å². The topological polar surface area (TPSA) is 150 Å². The van der Waals surface area contributed by atoms with Crippen LogP contribution in [-0.4, -0.2) is 78.0 Å². The Hall–Kier alpha value is -5.20. The van der Waals surface area contributed by atoms with Gasteiger partial charge >= 0.3 is 6.03 Å². The number of rotatable bonds is 9. The molecule has 2 aliphatic rings. The third-order valence-corrected chi connectivity index (χ3v) is 11.8. The van der Waals surface area contributed by atoms with Crippen molar-refractivity contribution in [3.63, 3.8) is 0 Å². The zero-order valence-corrected chi connectivity index (χ0v) is 28.9. The van der Waals surface area contributed by atoms with E-state index < -0.39 is 10.0 Å². The van der Waals surface area contributed by atoms with Gasteiger partial charge in [-0.1, -0.05) is 30.3 Å². The number of hydrogen-bond donors (Lipinski definition) is 1. The number of carbonyl (C=O) groups is 1. The number of ether oxygens (including phenoxy) is 1. The van der Waals surface area contributed by atoms with Gasteiger partial charge in [-0.05, 0) is 60.6 Å². The number of pyridine rings is 1. The van der Waals surface area contributed by atoms with Gasteiger partial charge in [-0.3, -0.25) is 5.32 Å². The van der Waals surface area contributed by atoms with Crippen LogP contribution >= 0.6 is 11.5 Å². The fraction of sp³-hybridized carbons (Fsp3) is 0.324. The number of urea groups is 1. The highest BCUT2D eigenvalue weighted by Crippen LogP contribution is 2.43. The largest absolute Gasteiger partial charge is 0.497 e. The molecule has 1 N–H and O–H groups in total. The molecule has 49 heavy (non-hydrogen) atoms. The van der Waals surface area contributed by atoms with Crippen LogP contribution < -0.4 is 19.9 Å². The summed E-state index contributed by atoms with van der Waals surface area (Å²) in [6.45, 7) is 1.84. The molecule has 7 rings (SSSR count). The summed E-state index contributed by atoms with van der Waals surface area (Å²) in [5, 5.41) is 14.0. The van der Waals surface area contributed by atoms with Crippen LogP contribution in [0.3, 0.4) is 0 Å². The number of nitriles is 1. The molecule has 5 aromatic rings. The molecule has 2 fully saturated rings. The zero-order valence-electron chi connectivity index (χ0n) is 27.2. The summed E-state index contributed by atoms with van der Waals surface area (Å²) in [4.78, 5) is 28.2. The van der Waals surface area contributed by atoms with E-state index in [4.69, 9.17) is 4.74 Å². The van der Waals surface area contributed by atoms with Crippen LogP contribution in [0, 0.1) is 23.2 Å². The van der Waals surface area contributed by atoms with Gasteiger partial charge in [0.1, 0.15) is 11.8 Å². The number of fused-ring (bicyclic) bond motifs is 2. The fourth-order valence-electron chi connectivity index (χ4n) is 7.01. The summed E-state index contributed by atoms with van der Waals surface area (Å²) in [5.74, 6) is 1.93. The number of methoxy groups -OCH3 is 1. The van der Waals surface area contributed by atoms with Crippen molar-refractivity contribution in [2.24, 2.45) is 11.8 Å². The Morgan fingerprint density at radius 1 is 1.08 bits per heavy atom. The van der Waals surface area contributed by atoms with Crippen LogP contribution in [0.2, 0.25) is 0 Å². The third-order valence-electron chi connectivity index (χ3n) is 9.54. The van der Waals surface area contributed by atoms with E-state index in [2.05, 4.69) is 30.6 Å². The maximum absolute atomic E-state index is 13.4. The Labute approximate surface area is 288 Å². The van der Waals surface area contributed by atoms with Crippen LogP contribution in [-0.2, 0) is 16.6 Å². The molecular weight excluding hydrogens is 663 g/mol. The molecule has 3 atom stereocenters. The monoisotopic (exact) mass is 697 g/mol. The van der Waals surface area contributed by atoms with Crippen molar-refractivity contribution in [2.75, 3.05) is 49.4 Å². The van der Waals surface area contributed by atoms with Crippen LogP contribution in [0.5, 0.6) is 5.75 Å². The van der Waals surface area contributed by atoms with Gasteiger partial charge in [-0.2, -0.15) is 14.6 Å². The first-order valence-electron chi connectivity index (χ1n) is 15.8. The summed E-state index contributed by atoms with van der Waals surface area (Å²) in [7, 11) is 1.62. The van der Waals surface area contributed by atoms with Crippen LogP contribution in [0.15, 0.2) is 78.0 Å². The lowest BCUT2D eigenvalue weighted by atomic mass is 10.0. The van der Waals surface area contributed by atoms with E-state index in [1.807, 2.05) is 48.2 Å². The highest BCUT2D eigenvalue weighted by Gasteiger charge is 2.44. The number of amides is 2. The number of hydrogen-bond acceptors (Lipinski definition) is 11. The van der Waals surface area contributed by atoms with Gasteiger partial charge in [-0.15, -0.1) is 0 Å². The number of carbonyl (C=O) groups excluding carboxylic acids is 1. The van der Waals surface area contributed by atoms with Crippen LogP contribution in [0.4, 0.5) is 21.6 Å². The molecule has 2 aromatic carbocycles. The fourth-order valence-corrected chi connectivity index (χ4v) is 8.94. The average Bonchev–Trinajstić information content (AvgIpc) is 3.92. The molecule has 13 nitrogen and oxygen atoms in total. The van der Waals surface area contributed by atoms with Gasteiger partial charge in [0.15, 0.2) is 5.65 Å². The van der Waals surface area contributed by atoms with E-state index in [-0.39, 0.29) is 22.6 Å². The molecule has 1 unspecified atom stereocenters. The average molecular weight is 698 g/mol. The molecule has 1 aliphatic carbocycles. The molecule has 0 radical (unpaired) electrons. The Bertz CT molecular complexity index is 2130. The van der Waals surface area contributed by atoms with Crippen molar-refractivity contribution in [1.29, 1.82) is 5.26 Å². The van der Waals surface area contributed by atoms with Crippen molar-refractivity contribution < 1.29 is 17.9 Å². The molecule has 252 valence electrons. The summed E-state index contributed by atoms with van der Waals surface area (Å²) < 4.78 is 37.7. The standard InChI is InChI=1S/C34H35N9O4S2/c1-40(19-22-9-11-27(47-3)12-10-22)32-37-33(48-39-32)38-34(44)42-20-23-15-26(16-24(23)21-42)41(2)30-25(17-35)18-36-31-29(30)13-14-43(31)49(45,46)28-7-5-4-6-8-28/h4-14,18,23-24,26H,15-16,19-21H2,1-3H3,(H,37,38,39,44)/t23-,24+,26?. The number of benzene rings is 2. The second-order valence-corrected chi connectivity index (χ2v) is 15.1. The molecule has 0 bridgehead atoms. The lowest BCUT2D eigenvalue weighted by Crippen LogP contribution is -2.36. The van der Waals surface area contributed by atoms with Gasteiger partial charge in [-0.25, -0.2) is 22.2 Å². The van der Waals surface area contributed by atoms with Gasteiger partial charge in [0.2, 0.25) is 11.1 Å². The number of aromatic nitrogens is 4. The van der Waals surface area contributed by atoms with E-state index in [0.29, 0.717) is 59.2 Å². The van der Waals surface area contributed by atoms with Crippen molar-refractivity contribution in [2.45, 2.75) is 30.3 Å². The smallest absolute Gasteiger partial charge is 0.323 e. The minimum Gasteiger partial charge on any atom is -0.497 e. The third kappa shape index (κ3) is 6.13. The quantitative estimate of drug-likeness (QED) is 0.223. The molecule has 1 saturated carbocycles. The lowest BCUT2D eigenvalue weighted by molar-refractivity contribution is 0.218. The van der Waals surface area contributed by atoms with Gasteiger partial charge in [0.05, 0.1) is 23.3 Å². The summed E-state index contributed by atoms with van der Waals surface area (Å²) in [6.07, 6.45) is 4.62. The molecular formula is C34H35N9O4S2. The lowest BCUT2D eigenvalue weighted by Gasteiger charge is -2.29. The Morgan fingerprint density at radius 2 is 1.80 bits per heavy atom. The minimum atomic E-state index is -3.88. The maximum atomic E-state index is 13.4. The number of nitrogens with zero attached hydrogens (tertiary/aromatic N) is 8. The van der Waals surface area contributed by atoms with Crippen molar-refractivity contribution >= 4 is 55.4 Å². The van der Waals surface area contributed by atoms with Gasteiger partial charge < -0.3 is 19.4 Å². The van der Waals surface area contributed by atoms with E-state index in [0.717, 1.165) is 35.7 Å². The molecule has 3 aromatic heterocycles. The van der Waals surface area contributed by atoms with Crippen molar-refractivity contribution in [3.05, 3.63) is 84.2 Å². The Balaban J connectivity index is 0.997. The molecule has 4 heterocycles. The van der Waals surface area contributed by atoms with E-state index >= 15 is 0 Å². The Kier molecular flexibility index (Phi) is 8.59. The number of anilines is 3. The van der Waals surface area contributed by atoms with E-state index in [9.17, 15) is 18.5 Å². The Morgan fingerprint density at radius 3 is 2.47 bits per heavy atom. The second-order valence-electron chi connectivity index (χ2n) is 12.5. The van der Waals surface area contributed by atoms with Crippen LogP contribution in [0.25, 0.3) is 11.0 Å². The normalized spacial score (nSPS) is 18.7. The van der Waals surface area contributed by atoms with E-state index in [1.165, 1.54) is 16.4 Å². The maximum Gasteiger partial charge on any atom is 0.323 e. The predicted molar refractivity (Wildman–Crippen MR) is 187 cm³/mol. The molecule has 0 spiro atoms. The highest BCUT2D eigenvalue weighted by molar-refractivity contribution is 7.90. The first-order valence-corrected chi connectivity index (χ1v) is 18.0. The minimum absolute atomic E-state index is 0.110. The molecule has 2 amide bonds. The first kappa shape index (κ1) is 32.4. The molecule has 1 saturated heterocycles. The molecule has 15 heteroatoms. The highest BCUT2D eigenvalue weighted by atomic mass is 32.2. The van der Waals surface area contributed by atoms with Gasteiger partial charge in [0, 0.05) is 69.1 Å². The summed E-state index contributed by atoms with van der Waals surface area (Å²) in [5.41, 5.74) is 2.41. The predicted octanol–water partition coefficient (Wildman–Crippen LogP) is 5.02. The number of nitrogens with one attached hydrogen (secondary N) is 1. The number of likely N-dealkylation sites (tertiary alicyclic amines) is 1. The summed E-state index contributed by atoms with van der Waals surface area (Å²) >= 11 is 1.15. The van der Waals surface area contributed by atoms with Crippen molar-refractivity contribution in [1.82, 2.24) is 23.2 Å².